The van der Waals surface area contributed by atoms with E-state index in [0.717, 1.165) is 12.8 Å². The van der Waals surface area contributed by atoms with Crippen molar-refractivity contribution < 1.29 is 81.8 Å². The van der Waals surface area contributed by atoms with E-state index >= 15 is 0 Å². The van der Waals surface area contributed by atoms with Crippen LogP contribution in [0.2, 0.25) is 0 Å². The fourth-order valence-corrected chi connectivity index (χ4v) is 2.71. The smallest absolute Gasteiger partial charge is 1.00 e. The van der Waals surface area contributed by atoms with E-state index in [1.165, 1.54) is 0 Å². The minimum atomic E-state index is -0.963. The molecule has 6 heteroatoms. The molecule has 0 saturated heterocycles. The van der Waals surface area contributed by atoms with E-state index in [4.69, 9.17) is 10.2 Å². The summed E-state index contributed by atoms with van der Waals surface area (Å²) in [6, 6.07) is 0. The van der Waals surface area contributed by atoms with Crippen LogP contribution in [0.4, 0.5) is 0 Å². The first-order chi connectivity index (χ1) is 7.41. The molecule has 1 fully saturated rings. The fourth-order valence-electron chi connectivity index (χ4n) is 2.71. The molecule has 1 rings (SSSR count). The molecule has 1 saturated carbocycles. The summed E-state index contributed by atoms with van der Waals surface area (Å²) in [6.07, 6.45) is 2.86. The minimum Gasteiger partial charge on any atom is -1.00 e. The predicted octanol–water partition coefficient (Wildman–Crippen LogP) is -3.53. The van der Waals surface area contributed by atoms with Crippen molar-refractivity contribution in [2.24, 2.45) is 23.7 Å². The summed E-state index contributed by atoms with van der Waals surface area (Å²) >= 11 is 0. The summed E-state index contributed by atoms with van der Waals surface area (Å²) in [6.45, 7) is 4.22. The maximum absolute atomic E-state index is 11.0. The van der Waals surface area contributed by atoms with Gasteiger partial charge >= 0.3 is 71.1 Å². The van der Waals surface area contributed by atoms with Crippen molar-refractivity contribution in [1.29, 1.82) is 0 Å². The first kappa shape index (κ1) is 21.2. The molecule has 0 aromatic heterocycles. The third-order valence-electron chi connectivity index (χ3n) is 3.40. The molecule has 0 amide bonds. The molecular formula is C12H22Na2O4. The Morgan fingerprint density at radius 2 is 1.61 bits per heavy atom. The monoisotopic (exact) mass is 276 g/mol. The van der Waals surface area contributed by atoms with Crippen LogP contribution in [0, 0.1) is 23.7 Å². The van der Waals surface area contributed by atoms with Gasteiger partial charge in [0.25, 0.3) is 0 Å². The second kappa shape index (κ2) is 9.78. The Labute approximate surface area is 155 Å². The third kappa shape index (κ3) is 6.40. The van der Waals surface area contributed by atoms with Crippen LogP contribution in [0.1, 0.15) is 42.4 Å². The van der Waals surface area contributed by atoms with Crippen LogP contribution in [-0.4, -0.2) is 22.2 Å². The van der Waals surface area contributed by atoms with Crippen molar-refractivity contribution in [2.45, 2.75) is 39.5 Å². The zero-order chi connectivity index (χ0) is 12.3. The largest absolute Gasteiger partial charge is 1.00 e. The first-order valence-corrected chi connectivity index (χ1v) is 5.87. The van der Waals surface area contributed by atoms with Crippen molar-refractivity contribution in [2.75, 3.05) is 0 Å². The molecule has 2 N–H and O–H groups in total. The standard InChI is InChI=1S/C12H20O4.2Na.2H/c1-7(2)5-8-3-4-9(11(13)14)10(6-8)12(15)16;;;;/h7-10H,3-6H2,1-2H3,(H,13,14)(H,15,16);;;;/q;2*+1;2*-1. The van der Waals surface area contributed by atoms with Gasteiger partial charge in [-0.1, -0.05) is 13.8 Å². The second-order valence-corrected chi connectivity index (χ2v) is 5.20. The number of hydrogen-bond donors (Lipinski definition) is 2. The van der Waals surface area contributed by atoms with Crippen LogP contribution in [0.15, 0.2) is 0 Å². The molecule has 0 radical (unpaired) electrons. The molecule has 0 aromatic carbocycles. The Bertz CT molecular complexity index is 291. The molecule has 96 valence electrons. The average Bonchev–Trinajstić information content (AvgIpc) is 2.16. The minimum absolute atomic E-state index is 0. The average molecular weight is 276 g/mol. The molecular weight excluding hydrogens is 254 g/mol. The summed E-state index contributed by atoms with van der Waals surface area (Å²) in [4.78, 5) is 22.0. The van der Waals surface area contributed by atoms with Crippen LogP contribution in [0.25, 0.3) is 0 Å². The Hall–Kier alpha value is 0.940. The van der Waals surface area contributed by atoms with Gasteiger partial charge in [-0.15, -0.1) is 0 Å². The van der Waals surface area contributed by atoms with Gasteiger partial charge in [0.2, 0.25) is 0 Å². The number of carboxylic acids is 2. The van der Waals surface area contributed by atoms with E-state index in [2.05, 4.69) is 13.8 Å². The summed E-state index contributed by atoms with van der Waals surface area (Å²) < 4.78 is 0. The van der Waals surface area contributed by atoms with Crippen LogP contribution < -0.4 is 59.1 Å². The van der Waals surface area contributed by atoms with E-state index < -0.39 is 23.8 Å². The zero-order valence-corrected chi connectivity index (χ0v) is 15.8. The van der Waals surface area contributed by atoms with Gasteiger partial charge in [0.1, 0.15) is 0 Å². The molecule has 4 nitrogen and oxygen atoms in total. The Kier molecular flexibility index (Phi) is 11.5. The van der Waals surface area contributed by atoms with E-state index in [0.29, 0.717) is 24.7 Å². The molecule has 1 aliphatic rings. The van der Waals surface area contributed by atoms with E-state index in [-0.39, 0.29) is 62.0 Å². The second-order valence-electron chi connectivity index (χ2n) is 5.20. The molecule has 18 heavy (non-hydrogen) atoms. The molecule has 0 aromatic rings. The molecule has 0 spiro atoms. The normalized spacial score (nSPS) is 26.9. The number of carboxylic acid groups (broad SMARTS) is 2. The SMILES string of the molecule is CC(C)CC1CCC(C(=O)O)C(C(=O)O)C1.[H-].[H-].[Na+].[Na+]. The van der Waals surface area contributed by atoms with Gasteiger partial charge in [-0.05, 0) is 37.5 Å². The first-order valence-electron chi connectivity index (χ1n) is 5.87. The van der Waals surface area contributed by atoms with Gasteiger partial charge < -0.3 is 13.1 Å². The van der Waals surface area contributed by atoms with Crippen LogP contribution in [0.5, 0.6) is 0 Å². The van der Waals surface area contributed by atoms with Crippen LogP contribution >= 0.6 is 0 Å². The van der Waals surface area contributed by atoms with Gasteiger partial charge in [-0.3, -0.25) is 9.59 Å². The quantitative estimate of drug-likeness (QED) is 0.522. The van der Waals surface area contributed by atoms with Gasteiger partial charge in [-0.25, -0.2) is 0 Å². The van der Waals surface area contributed by atoms with E-state index in [9.17, 15) is 9.59 Å². The van der Waals surface area contributed by atoms with Gasteiger partial charge in [0.05, 0.1) is 11.8 Å². The Morgan fingerprint density at radius 3 is 2.00 bits per heavy atom. The molecule has 0 aliphatic heterocycles. The molecule has 0 bridgehead atoms. The zero-order valence-electron chi connectivity index (χ0n) is 13.8. The number of rotatable bonds is 4. The number of aliphatic carboxylic acids is 2. The molecule has 1 aliphatic carbocycles. The van der Waals surface area contributed by atoms with Gasteiger partial charge in [0, 0.05) is 0 Å². The third-order valence-corrected chi connectivity index (χ3v) is 3.40. The molecule has 3 unspecified atom stereocenters. The van der Waals surface area contributed by atoms with Crippen molar-refractivity contribution in [1.82, 2.24) is 0 Å². The number of hydrogen-bond acceptors (Lipinski definition) is 2. The van der Waals surface area contributed by atoms with Crippen molar-refractivity contribution in [3.05, 3.63) is 0 Å². The van der Waals surface area contributed by atoms with Crippen molar-refractivity contribution >= 4 is 11.9 Å². The predicted molar refractivity (Wildman–Crippen MR) is 61.3 cm³/mol. The summed E-state index contributed by atoms with van der Waals surface area (Å²) in [5.74, 6) is -2.40. The summed E-state index contributed by atoms with van der Waals surface area (Å²) in [7, 11) is 0. The van der Waals surface area contributed by atoms with Crippen molar-refractivity contribution in [3.63, 3.8) is 0 Å². The summed E-state index contributed by atoms with van der Waals surface area (Å²) in [5, 5.41) is 18.0. The maximum Gasteiger partial charge on any atom is 1.00 e. The number of carbonyl (C=O) groups is 2. The summed E-state index contributed by atoms with van der Waals surface area (Å²) in [5.41, 5.74) is 0. The van der Waals surface area contributed by atoms with Gasteiger partial charge in [0.15, 0.2) is 0 Å². The van der Waals surface area contributed by atoms with E-state index in [1.807, 2.05) is 0 Å². The Morgan fingerprint density at radius 1 is 1.11 bits per heavy atom. The van der Waals surface area contributed by atoms with Crippen LogP contribution in [0.3, 0.4) is 0 Å². The van der Waals surface area contributed by atoms with Crippen LogP contribution in [-0.2, 0) is 9.59 Å². The topological polar surface area (TPSA) is 74.6 Å². The van der Waals surface area contributed by atoms with Crippen molar-refractivity contribution in [3.8, 4) is 0 Å². The van der Waals surface area contributed by atoms with E-state index in [1.54, 1.807) is 0 Å². The maximum atomic E-state index is 11.0. The fraction of sp³-hybridized carbons (Fsp3) is 0.833. The molecule has 3 atom stereocenters. The molecule has 0 heterocycles. The van der Waals surface area contributed by atoms with Gasteiger partial charge in [-0.2, -0.15) is 0 Å². The Balaban J connectivity index is -0.000000320.